The molecule has 36 heavy (non-hydrogen) atoms. The van der Waals surface area contributed by atoms with Crippen LogP contribution >= 0.6 is 17.2 Å². The maximum Gasteiger partial charge on any atom is 0.0413 e. The lowest BCUT2D eigenvalue weighted by molar-refractivity contribution is -0.0520. The fourth-order valence-electron chi connectivity index (χ4n) is 9.04. The molecule has 6 fully saturated rings. The first-order valence-corrected chi connectivity index (χ1v) is 17.3. The molecule has 4 N–H and O–H groups in total. The summed E-state index contributed by atoms with van der Waals surface area (Å²) in [6, 6.07) is 7.83. The van der Waals surface area contributed by atoms with Crippen LogP contribution in [0.25, 0.3) is 0 Å². The summed E-state index contributed by atoms with van der Waals surface area (Å²) in [4.78, 5) is 0. The highest BCUT2D eigenvalue weighted by Crippen LogP contribution is 2.65. The molecule has 1 aromatic rings. The van der Waals surface area contributed by atoms with Crippen LogP contribution in [0.5, 0.6) is 0 Å². The molecular weight excluding hydrogens is 478 g/mol. The molecule has 2 saturated heterocycles. The zero-order valence-electron chi connectivity index (χ0n) is 22.9. The summed E-state index contributed by atoms with van der Waals surface area (Å²) in [6.45, 7) is 13.8. The molecule has 0 radical (unpaired) electrons. The van der Waals surface area contributed by atoms with Crippen molar-refractivity contribution in [1.29, 1.82) is 0 Å². The summed E-state index contributed by atoms with van der Waals surface area (Å²) in [6.07, 6.45) is 9.96. The zero-order chi connectivity index (χ0) is 24.9. The molecular formula is C30H50N4P2. The fraction of sp³-hybridized carbons (Fsp3) is 0.800. The van der Waals surface area contributed by atoms with Crippen LogP contribution in [0.15, 0.2) is 18.2 Å². The van der Waals surface area contributed by atoms with Gasteiger partial charge in [-0.1, -0.05) is 46.9 Å². The van der Waals surface area contributed by atoms with E-state index < -0.39 is 0 Å². The Bertz CT molecular complexity index is 886. The Balaban J connectivity index is 1.42. The van der Waals surface area contributed by atoms with E-state index in [2.05, 4.69) is 69.5 Å². The van der Waals surface area contributed by atoms with Gasteiger partial charge < -0.3 is 21.3 Å². The van der Waals surface area contributed by atoms with Gasteiger partial charge in [0.25, 0.3) is 0 Å². The Morgan fingerprint density at radius 1 is 0.917 bits per heavy atom. The Hall–Kier alpha value is -0.0800. The van der Waals surface area contributed by atoms with Crippen LogP contribution in [0.2, 0.25) is 0 Å². The Kier molecular flexibility index (Phi) is 7.61. The van der Waals surface area contributed by atoms with Gasteiger partial charge in [-0.2, -0.15) is 0 Å². The van der Waals surface area contributed by atoms with Gasteiger partial charge in [-0.15, -0.1) is 9.24 Å². The van der Waals surface area contributed by atoms with Crippen molar-refractivity contribution in [3.05, 3.63) is 34.9 Å². The second kappa shape index (κ2) is 10.5. The summed E-state index contributed by atoms with van der Waals surface area (Å²) >= 11 is 0. The minimum Gasteiger partial charge on any atom is -0.314 e. The van der Waals surface area contributed by atoms with E-state index in [1.807, 2.05) is 0 Å². The number of hydrogen-bond acceptors (Lipinski definition) is 4. The van der Waals surface area contributed by atoms with E-state index in [9.17, 15) is 0 Å². The normalized spacial score (nSPS) is 39.3. The molecule has 2 heterocycles. The van der Waals surface area contributed by atoms with Gasteiger partial charge in [0.1, 0.15) is 0 Å². The third kappa shape index (κ3) is 4.87. The van der Waals surface area contributed by atoms with Crippen LogP contribution in [-0.2, 0) is 17.0 Å². The van der Waals surface area contributed by atoms with Crippen molar-refractivity contribution in [1.82, 2.24) is 21.3 Å². The molecule has 6 atom stereocenters. The largest absolute Gasteiger partial charge is 0.314 e. The molecule has 200 valence electrons. The standard InChI is InChI=1S/C30H50N4P2/c1-29(2,3)24-4-5-25(30-14-20-10-21(15-30)12-22(11-20)26(30)18-35)23(13-24)19-36(27-16-31-6-8-33-27)28-17-32-7-9-34-28/h4-5,13,20-22,26-28,31-34H,6-12,14-19,35H2,1-3H3. The Morgan fingerprint density at radius 3 is 2.08 bits per heavy atom. The molecule has 4 aliphatic carbocycles. The number of rotatable bonds is 6. The van der Waals surface area contributed by atoms with Crippen molar-refractivity contribution >= 4 is 17.2 Å². The highest BCUT2D eigenvalue weighted by molar-refractivity contribution is 7.58. The van der Waals surface area contributed by atoms with E-state index >= 15 is 0 Å². The average molecular weight is 529 g/mol. The first kappa shape index (κ1) is 26.2. The summed E-state index contributed by atoms with van der Waals surface area (Å²) < 4.78 is 0. The summed E-state index contributed by atoms with van der Waals surface area (Å²) in [5, 5.41) is 15.3. The predicted octanol–water partition coefficient (Wildman–Crippen LogP) is 4.57. The maximum absolute atomic E-state index is 3.95. The summed E-state index contributed by atoms with van der Waals surface area (Å²) in [7, 11) is 2.94. The lowest BCUT2D eigenvalue weighted by Crippen LogP contribution is -2.56. The Morgan fingerprint density at radius 2 is 1.56 bits per heavy atom. The van der Waals surface area contributed by atoms with Gasteiger partial charge in [0, 0.05) is 50.8 Å². The molecule has 0 aromatic heterocycles. The van der Waals surface area contributed by atoms with E-state index in [1.54, 1.807) is 11.1 Å². The van der Waals surface area contributed by atoms with Crippen LogP contribution < -0.4 is 21.3 Å². The lowest BCUT2D eigenvalue weighted by Gasteiger charge is -2.62. The molecule has 6 heteroatoms. The van der Waals surface area contributed by atoms with Crippen LogP contribution in [0.1, 0.15) is 69.6 Å². The van der Waals surface area contributed by atoms with E-state index in [1.165, 1.54) is 50.0 Å². The van der Waals surface area contributed by atoms with E-state index in [4.69, 9.17) is 0 Å². The molecule has 0 spiro atoms. The van der Waals surface area contributed by atoms with E-state index in [-0.39, 0.29) is 13.3 Å². The molecule has 0 amide bonds. The van der Waals surface area contributed by atoms with Gasteiger partial charge in [-0.3, -0.25) is 0 Å². The predicted molar refractivity (Wildman–Crippen MR) is 158 cm³/mol. The van der Waals surface area contributed by atoms with Crippen LogP contribution in [0.3, 0.4) is 0 Å². The highest BCUT2D eigenvalue weighted by atomic mass is 31.1. The molecule has 1 aromatic carbocycles. The zero-order valence-corrected chi connectivity index (χ0v) is 25.0. The molecule has 4 saturated carbocycles. The number of piperazine rings is 2. The number of benzene rings is 1. The van der Waals surface area contributed by atoms with Gasteiger partial charge in [0.2, 0.25) is 0 Å². The van der Waals surface area contributed by atoms with E-state index in [0.717, 1.165) is 62.9 Å². The monoisotopic (exact) mass is 528 g/mol. The second-order valence-corrected chi connectivity index (χ2v) is 16.8. The third-order valence-corrected chi connectivity index (χ3v) is 14.0. The molecule has 6 unspecified atom stereocenters. The first-order chi connectivity index (χ1) is 17.4. The second-order valence-electron chi connectivity index (χ2n) is 13.7. The van der Waals surface area contributed by atoms with Crippen molar-refractivity contribution < 1.29 is 0 Å². The van der Waals surface area contributed by atoms with Crippen molar-refractivity contribution in [3.8, 4) is 0 Å². The van der Waals surface area contributed by atoms with Gasteiger partial charge in [-0.25, -0.2) is 0 Å². The highest BCUT2D eigenvalue weighted by Gasteiger charge is 2.57. The van der Waals surface area contributed by atoms with Crippen LogP contribution in [0.4, 0.5) is 0 Å². The Labute approximate surface area is 223 Å². The van der Waals surface area contributed by atoms with Crippen molar-refractivity contribution in [3.63, 3.8) is 0 Å². The van der Waals surface area contributed by atoms with Crippen molar-refractivity contribution in [2.24, 2.45) is 23.7 Å². The minimum absolute atomic E-state index is 0.187. The quantitative estimate of drug-likeness (QED) is 0.409. The van der Waals surface area contributed by atoms with Gasteiger partial charge in [-0.05, 0) is 95.6 Å². The van der Waals surface area contributed by atoms with E-state index in [0.29, 0.717) is 17.0 Å². The van der Waals surface area contributed by atoms with Gasteiger partial charge >= 0.3 is 0 Å². The lowest BCUT2D eigenvalue weighted by atomic mass is 9.43. The van der Waals surface area contributed by atoms with Crippen LogP contribution in [0, 0.1) is 23.7 Å². The molecule has 4 bridgehead atoms. The molecule has 7 rings (SSSR count). The topological polar surface area (TPSA) is 48.1 Å². The third-order valence-electron chi connectivity index (χ3n) is 10.5. The smallest absolute Gasteiger partial charge is 0.0413 e. The van der Waals surface area contributed by atoms with Gasteiger partial charge in [0.05, 0.1) is 0 Å². The van der Waals surface area contributed by atoms with Crippen molar-refractivity contribution in [2.45, 2.75) is 81.4 Å². The first-order valence-electron chi connectivity index (χ1n) is 14.9. The summed E-state index contributed by atoms with van der Waals surface area (Å²) in [5.74, 6) is 4.93. The molecule has 4 nitrogen and oxygen atoms in total. The number of nitrogens with one attached hydrogen (secondary N) is 4. The summed E-state index contributed by atoms with van der Waals surface area (Å²) in [5.41, 5.74) is 5.60. The molecule has 6 aliphatic rings. The van der Waals surface area contributed by atoms with Gasteiger partial charge in [0.15, 0.2) is 0 Å². The van der Waals surface area contributed by atoms with Crippen LogP contribution in [-0.4, -0.2) is 57.0 Å². The fourth-order valence-corrected chi connectivity index (χ4v) is 12.9. The van der Waals surface area contributed by atoms with Crippen molar-refractivity contribution in [2.75, 3.05) is 45.4 Å². The minimum atomic E-state index is -0.250. The average Bonchev–Trinajstić information content (AvgIpc) is 2.87. The SMILES string of the molecule is CC(C)(C)c1ccc(C23CC4CC(CC(C4)C2CP)C3)c(CP(C2CNCCN2)C2CNCCN2)c1. The molecule has 2 aliphatic heterocycles. The maximum atomic E-state index is 3.95. The number of hydrogen-bond donors (Lipinski definition) is 4.